The number of allylic oxidation sites excluding steroid dienone is 3. The van der Waals surface area contributed by atoms with Crippen LogP contribution in [0.5, 0.6) is 0 Å². The molecule has 0 aromatic carbocycles. The second-order valence-electron chi connectivity index (χ2n) is 8.33. The summed E-state index contributed by atoms with van der Waals surface area (Å²) in [6.07, 6.45) is 16.8. The zero-order chi connectivity index (χ0) is 16.2. The SMILES string of the molecule is C#CC1=CCC2C3CC=C4CC(=O)CC[C@]4(CO)C3CC[C@]12C. The second kappa shape index (κ2) is 5.08. The number of carbonyl (C=O) groups is 1. The molecule has 0 aromatic heterocycles. The van der Waals surface area contributed by atoms with Gasteiger partial charge >= 0.3 is 0 Å². The zero-order valence-corrected chi connectivity index (χ0v) is 14.0. The van der Waals surface area contributed by atoms with Gasteiger partial charge in [0.25, 0.3) is 0 Å². The van der Waals surface area contributed by atoms with Crippen molar-refractivity contribution in [2.75, 3.05) is 6.61 Å². The number of Topliss-reactive ketones (excluding diaryl/α,β-unsaturated/α-hetero) is 1. The molecule has 4 rings (SSSR count). The van der Waals surface area contributed by atoms with E-state index in [0.29, 0.717) is 36.4 Å². The molecule has 0 saturated heterocycles. The number of aliphatic hydroxyl groups is 1. The van der Waals surface area contributed by atoms with E-state index in [0.717, 1.165) is 32.1 Å². The van der Waals surface area contributed by atoms with Crippen LogP contribution in [0.1, 0.15) is 51.9 Å². The highest BCUT2D eigenvalue weighted by Crippen LogP contribution is 2.64. The third-order valence-electron chi connectivity index (χ3n) is 7.68. The molecule has 0 radical (unpaired) electrons. The number of hydrogen-bond donors (Lipinski definition) is 1. The topological polar surface area (TPSA) is 37.3 Å². The van der Waals surface area contributed by atoms with E-state index in [2.05, 4.69) is 25.0 Å². The lowest BCUT2D eigenvalue weighted by Gasteiger charge is -2.57. The average Bonchev–Trinajstić information content (AvgIpc) is 2.90. The molecule has 0 aliphatic heterocycles. The maximum Gasteiger partial charge on any atom is 0.136 e. The van der Waals surface area contributed by atoms with Crippen molar-refractivity contribution >= 4 is 5.78 Å². The van der Waals surface area contributed by atoms with Gasteiger partial charge in [0, 0.05) is 29.2 Å². The van der Waals surface area contributed by atoms with Crippen molar-refractivity contribution in [2.24, 2.45) is 28.6 Å². The first-order chi connectivity index (χ1) is 11.0. The quantitative estimate of drug-likeness (QED) is 0.593. The van der Waals surface area contributed by atoms with Gasteiger partial charge in [-0.15, -0.1) is 6.42 Å². The minimum absolute atomic E-state index is 0.128. The smallest absolute Gasteiger partial charge is 0.136 e. The molecule has 0 aromatic rings. The molecular weight excluding hydrogens is 284 g/mol. The first-order valence-corrected chi connectivity index (χ1v) is 9.04. The summed E-state index contributed by atoms with van der Waals surface area (Å²) in [5.74, 6) is 5.00. The summed E-state index contributed by atoms with van der Waals surface area (Å²) >= 11 is 0. The highest BCUT2D eigenvalue weighted by atomic mass is 16.3. The van der Waals surface area contributed by atoms with Gasteiger partial charge in [0.15, 0.2) is 0 Å². The Labute approximate surface area is 139 Å². The van der Waals surface area contributed by atoms with E-state index in [-0.39, 0.29) is 17.4 Å². The molecule has 5 atom stereocenters. The molecule has 0 heterocycles. The monoisotopic (exact) mass is 310 g/mol. The first-order valence-electron chi connectivity index (χ1n) is 9.04. The standard InChI is InChI=1S/C21H26O2/c1-3-14-5-7-18-17-6-4-15-12-16(23)8-11-21(15,13-22)19(17)9-10-20(14,18)2/h1,4-5,17-19,22H,6-13H2,2H3/t17?,18?,19?,20-,21-/m1/s1. The van der Waals surface area contributed by atoms with Gasteiger partial charge in [0.05, 0.1) is 6.61 Å². The summed E-state index contributed by atoms with van der Waals surface area (Å²) in [6.45, 7) is 2.55. The van der Waals surface area contributed by atoms with Crippen LogP contribution in [-0.4, -0.2) is 17.5 Å². The molecule has 0 bridgehead atoms. The Balaban J connectivity index is 1.72. The summed E-state index contributed by atoms with van der Waals surface area (Å²) in [7, 11) is 0. The predicted octanol–water partition coefficient (Wildman–Crippen LogP) is 3.66. The van der Waals surface area contributed by atoms with Crippen LogP contribution in [-0.2, 0) is 4.79 Å². The van der Waals surface area contributed by atoms with Gasteiger partial charge in [-0.25, -0.2) is 0 Å². The van der Waals surface area contributed by atoms with Gasteiger partial charge in [0.1, 0.15) is 5.78 Å². The van der Waals surface area contributed by atoms with E-state index in [1.165, 1.54) is 11.1 Å². The van der Waals surface area contributed by atoms with Gasteiger partial charge in [-0.2, -0.15) is 0 Å². The van der Waals surface area contributed by atoms with Crippen LogP contribution in [0, 0.1) is 40.9 Å². The molecule has 4 aliphatic carbocycles. The van der Waals surface area contributed by atoms with Crippen molar-refractivity contribution in [3.05, 3.63) is 23.3 Å². The Hall–Kier alpha value is -1.33. The molecule has 4 aliphatic rings. The van der Waals surface area contributed by atoms with Gasteiger partial charge in [-0.3, -0.25) is 4.79 Å². The van der Waals surface area contributed by atoms with Crippen molar-refractivity contribution in [3.63, 3.8) is 0 Å². The summed E-state index contributed by atoms with van der Waals surface area (Å²) in [5.41, 5.74) is 2.47. The Kier molecular flexibility index (Phi) is 3.36. The third-order valence-corrected chi connectivity index (χ3v) is 7.68. The highest BCUT2D eigenvalue weighted by molar-refractivity contribution is 5.82. The molecule has 0 spiro atoms. The van der Waals surface area contributed by atoms with Crippen LogP contribution in [0.2, 0.25) is 0 Å². The van der Waals surface area contributed by atoms with Crippen molar-refractivity contribution < 1.29 is 9.90 Å². The van der Waals surface area contributed by atoms with Gasteiger partial charge in [-0.1, -0.05) is 30.6 Å². The van der Waals surface area contributed by atoms with Crippen molar-refractivity contribution in [3.8, 4) is 12.3 Å². The van der Waals surface area contributed by atoms with E-state index in [9.17, 15) is 9.90 Å². The molecule has 23 heavy (non-hydrogen) atoms. The normalized spacial score (nSPS) is 45.3. The van der Waals surface area contributed by atoms with Crippen LogP contribution in [0.15, 0.2) is 23.3 Å². The summed E-state index contributed by atoms with van der Waals surface area (Å²) in [5, 5.41) is 10.3. The Morgan fingerprint density at radius 1 is 1.30 bits per heavy atom. The zero-order valence-electron chi connectivity index (χ0n) is 14.0. The molecule has 1 N–H and O–H groups in total. The molecule has 2 heteroatoms. The number of hydrogen-bond acceptors (Lipinski definition) is 2. The van der Waals surface area contributed by atoms with E-state index in [1.807, 2.05) is 0 Å². The summed E-state index contributed by atoms with van der Waals surface area (Å²) in [6, 6.07) is 0. The largest absolute Gasteiger partial charge is 0.395 e. The molecule has 0 amide bonds. The lowest BCUT2D eigenvalue weighted by molar-refractivity contribution is -0.123. The Morgan fingerprint density at radius 3 is 2.87 bits per heavy atom. The Morgan fingerprint density at radius 2 is 2.13 bits per heavy atom. The number of ketones is 1. The maximum atomic E-state index is 11.9. The van der Waals surface area contributed by atoms with E-state index < -0.39 is 0 Å². The fourth-order valence-electron chi connectivity index (χ4n) is 6.37. The van der Waals surface area contributed by atoms with Crippen LogP contribution in [0.4, 0.5) is 0 Å². The van der Waals surface area contributed by atoms with Crippen LogP contribution >= 0.6 is 0 Å². The van der Waals surface area contributed by atoms with Gasteiger partial charge in [0.2, 0.25) is 0 Å². The molecule has 2 fully saturated rings. The Bertz CT molecular complexity index is 649. The molecule has 2 saturated carbocycles. The van der Waals surface area contributed by atoms with Gasteiger partial charge < -0.3 is 5.11 Å². The molecule has 3 unspecified atom stereocenters. The number of rotatable bonds is 1. The molecular formula is C21H26O2. The van der Waals surface area contributed by atoms with Crippen molar-refractivity contribution in [2.45, 2.75) is 51.9 Å². The predicted molar refractivity (Wildman–Crippen MR) is 90.4 cm³/mol. The summed E-state index contributed by atoms with van der Waals surface area (Å²) < 4.78 is 0. The van der Waals surface area contributed by atoms with Crippen LogP contribution in [0.3, 0.4) is 0 Å². The minimum Gasteiger partial charge on any atom is -0.395 e. The second-order valence-corrected chi connectivity index (χ2v) is 8.33. The first kappa shape index (κ1) is 15.2. The average molecular weight is 310 g/mol. The lowest BCUT2D eigenvalue weighted by Crippen LogP contribution is -2.52. The lowest BCUT2D eigenvalue weighted by atomic mass is 9.47. The minimum atomic E-state index is -0.128. The fraction of sp³-hybridized carbons (Fsp3) is 0.667. The van der Waals surface area contributed by atoms with Crippen molar-refractivity contribution in [1.29, 1.82) is 0 Å². The number of carbonyl (C=O) groups excluding carboxylic acids is 1. The summed E-state index contributed by atoms with van der Waals surface area (Å²) in [4.78, 5) is 11.9. The number of terminal acetylenes is 1. The van der Waals surface area contributed by atoms with E-state index in [1.54, 1.807) is 0 Å². The number of fused-ring (bicyclic) bond motifs is 5. The fourth-order valence-corrected chi connectivity index (χ4v) is 6.37. The maximum absolute atomic E-state index is 11.9. The number of aliphatic hydroxyl groups excluding tert-OH is 1. The van der Waals surface area contributed by atoms with Crippen LogP contribution in [0.25, 0.3) is 0 Å². The van der Waals surface area contributed by atoms with Crippen LogP contribution < -0.4 is 0 Å². The van der Waals surface area contributed by atoms with Crippen molar-refractivity contribution in [1.82, 2.24) is 0 Å². The molecule has 122 valence electrons. The third kappa shape index (κ3) is 1.89. The van der Waals surface area contributed by atoms with E-state index in [4.69, 9.17) is 6.42 Å². The van der Waals surface area contributed by atoms with Gasteiger partial charge in [-0.05, 0) is 49.9 Å². The van der Waals surface area contributed by atoms with E-state index >= 15 is 0 Å². The highest BCUT2D eigenvalue weighted by Gasteiger charge is 2.57. The molecule has 2 nitrogen and oxygen atoms in total.